The van der Waals surface area contributed by atoms with Crippen molar-refractivity contribution in [3.8, 4) is 11.9 Å². The molecule has 1 aromatic carbocycles. The fraction of sp³-hybridized carbons (Fsp3) is 0. The van der Waals surface area contributed by atoms with Crippen LogP contribution in [0.2, 0.25) is 0 Å². The number of aromatic nitrogens is 3. The summed E-state index contributed by atoms with van der Waals surface area (Å²) < 4.78 is 28.7. The standard InChI is InChI=1S/C15H11N5O2S/c16-9-12-1-4-14(5-2-12)23(21,22)19-13-3-6-15(18-10-13)20-8-7-17-11-20/h1-8,10-11,19H. The van der Waals surface area contributed by atoms with Gasteiger partial charge >= 0.3 is 0 Å². The fourth-order valence-corrected chi connectivity index (χ4v) is 2.96. The highest BCUT2D eigenvalue weighted by molar-refractivity contribution is 7.92. The van der Waals surface area contributed by atoms with Crippen molar-refractivity contribution in [2.24, 2.45) is 0 Å². The Balaban J connectivity index is 1.81. The summed E-state index contributed by atoms with van der Waals surface area (Å²) in [7, 11) is -3.72. The molecule has 0 bridgehead atoms. The Morgan fingerprint density at radius 2 is 1.91 bits per heavy atom. The van der Waals surface area contributed by atoms with Crippen molar-refractivity contribution in [1.82, 2.24) is 14.5 Å². The van der Waals surface area contributed by atoms with Crippen LogP contribution >= 0.6 is 0 Å². The Morgan fingerprint density at radius 1 is 1.13 bits per heavy atom. The van der Waals surface area contributed by atoms with Crippen molar-refractivity contribution in [3.05, 3.63) is 66.9 Å². The first kappa shape index (κ1) is 14.7. The van der Waals surface area contributed by atoms with Gasteiger partial charge in [-0.1, -0.05) is 0 Å². The highest BCUT2D eigenvalue weighted by atomic mass is 32.2. The lowest BCUT2D eigenvalue weighted by Crippen LogP contribution is -2.13. The van der Waals surface area contributed by atoms with Gasteiger partial charge in [0.1, 0.15) is 12.1 Å². The molecule has 0 aliphatic carbocycles. The van der Waals surface area contributed by atoms with Crippen LogP contribution in [0.25, 0.3) is 5.82 Å². The lowest BCUT2D eigenvalue weighted by molar-refractivity contribution is 0.601. The van der Waals surface area contributed by atoms with E-state index in [1.807, 2.05) is 6.07 Å². The van der Waals surface area contributed by atoms with E-state index < -0.39 is 10.0 Å². The van der Waals surface area contributed by atoms with Gasteiger partial charge in [0, 0.05) is 12.4 Å². The minimum atomic E-state index is -3.72. The predicted molar refractivity (Wildman–Crippen MR) is 83.3 cm³/mol. The fourth-order valence-electron chi connectivity index (χ4n) is 1.92. The number of imidazole rings is 1. The minimum absolute atomic E-state index is 0.0789. The van der Waals surface area contributed by atoms with Crippen LogP contribution in [-0.2, 0) is 10.0 Å². The van der Waals surface area contributed by atoms with Crippen molar-refractivity contribution in [2.45, 2.75) is 4.90 Å². The molecule has 8 heteroatoms. The van der Waals surface area contributed by atoms with Crippen LogP contribution in [0.3, 0.4) is 0 Å². The summed E-state index contributed by atoms with van der Waals surface area (Å²) >= 11 is 0. The quantitative estimate of drug-likeness (QED) is 0.790. The summed E-state index contributed by atoms with van der Waals surface area (Å²) in [5.41, 5.74) is 0.744. The molecule has 0 amide bonds. The van der Waals surface area contributed by atoms with E-state index in [1.54, 1.807) is 35.4 Å². The number of nitriles is 1. The number of rotatable bonds is 4. The Kier molecular flexibility index (Phi) is 3.78. The Morgan fingerprint density at radius 3 is 2.48 bits per heavy atom. The van der Waals surface area contributed by atoms with Gasteiger partial charge < -0.3 is 0 Å². The number of hydrogen-bond acceptors (Lipinski definition) is 5. The van der Waals surface area contributed by atoms with E-state index in [4.69, 9.17) is 5.26 Å². The smallest absolute Gasteiger partial charge is 0.261 e. The van der Waals surface area contributed by atoms with Crippen LogP contribution in [0.4, 0.5) is 5.69 Å². The van der Waals surface area contributed by atoms with E-state index in [9.17, 15) is 8.42 Å². The second-order valence-electron chi connectivity index (χ2n) is 4.62. The third-order valence-corrected chi connectivity index (χ3v) is 4.46. The maximum absolute atomic E-state index is 12.3. The van der Waals surface area contributed by atoms with Gasteiger partial charge in [0.05, 0.1) is 28.4 Å². The maximum Gasteiger partial charge on any atom is 0.261 e. The molecular weight excluding hydrogens is 314 g/mol. The lowest BCUT2D eigenvalue weighted by Gasteiger charge is -2.08. The van der Waals surface area contributed by atoms with Crippen molar-refractivity contribution >= 4 is 15.7 Å². The zero-order chi connectivity index (χ0) is 16.3. The zero-order valence-corrected chi connectivity index (χ0v) is 12.6. The van der Waals surface area contributed by atoms with Gasteiger partial charge in [-0.2, -0.15) is 5.26 Å². The molecule has 0 saturated carbocycles. The molecule has 0 saturated heterocycles. The molecule has 0 atom stereocenters. The van der Waals surface area contributed by atoms with Crippen molar-refractivity contribution in [1.29, 1.82) is 5.26 Å². The SMILES string of the molecule is N#Cc1ccc(S(=O)(=O)Nc2ccc(-n3ccnc3)nc2)cc1. The first-order valence-electron chi connectivity index (χ1n) is 6.56. The highest BCUT2D eigenvalue weighted by Crippen LogP contribution is 2.16. The molecule has 0 radical (unpaired) electrons. The van der Waals surface area contributed by atoms with Gasteiger partial charge in [-0.25, -0.2) is 18.4 Å². The van der Waals surface area contributed by atoms with Gasteiger partial charge in [-0.05, 0) is 36.4 Å². The van der Waals surface area contributed by atoms with Crippen LogP contribution in [0.5, 0.6) is 0 Å². The topological polar surface area (TPSA) is 101 Å². The van der Waals surface area contributed by atoms with Gasteiger partial charge in [0.15, 0.2) is 0 Å². The van der Waals surface area contributed by atoms with Crippen molar-refractivity contribution < 1.29 is 8.42 Å². The molecule has 3 aromatic rings. The van der Waals surface area contributed by atoms with Crippen molar-refractivity contribution in [3.63, 3.8) is 0 Å². The second kappa shape index (κ2) is 5.90. The van der Waals surface area contributed by atoms with E-state index in [0.717, 1.165) is 0 Å². The normalized spacial score (nSPS) is 10.9. The highest BCUT2D eigenvalue weighted by Gasteiger charge is 2.14. The summed E-state index contributed by atoms with van der Waals surface area (Å²) in [5.74, 6) is 0.629. The monoisotopic (exact) mass is 325 g/mol. The van der Waals surface area contributed by atoms with Crippen LogP contribution < -0.4 is 4.72 Å². The largest absolute Gasteiger partial charge is 0.291 e. The molecule has 23 heavy (non-hydrogen) atoms. The molecule has 3 rings (SSSR count). The molecular formula is C15H11N5O2S. The molecule has 114 valence electrons. The number of anilines is 1. The summed E-state index contributed by atoms with van der Waals surface area (Å²) in [4.78, 5) is 8.18. The summed E-state index contributed by atoms with van der Waals surface area (Å²) in [6, 6.07) is 10.9. The lowest BCUT2D eigenvalue weighted by atomic mass is 10.2. The number of pyridine rings is 1. The summed E-state index contributed by atoms with van der Waals surface area (Å²) in [6.07, 6.45) is 6.39. The minimum Gasteiger partial charge on any atom is -0.291 e. The number of benzene rings is 1. The van der Waals surface area contributed by atoms with E-state index >= 15 is 0 Å². The van der Waals surface area contributed by atoms with Gasteiger partial charge in [0.2, 0.25) is 0 Å². The number of nitrogens with one attached hydrogen (secondary N) is 1. The van der Waals surface area contributed by atoms with Crippen LogP contribution in [0, 0.1) is 11.3 Å². The molecule has 0 spiro atoms. The number of hydrogen-bond donors (Lipinski definition) is 1. The molecule has 0 aliphatic rings. The number of nitrogens with zero attached hydrogens (tertiary/aromatic N) is 4. The van der Waals surface area contributed by atoms with Gasteiger partial charge in [-0.3, -0.25) is 9.29 Å². The van der Waals surface area contributed by atoms with E-state index in [1.165, 1.54) is 30.5 Å². The van der Waals surface area contributed by atoms with Gasteiger partial charge in [0.25, 0.3) is 10.0 Å². The molecule has 2 aromatic heterocycles. The van der Waals surface area contributed by atoms with E-state index in [0.29, 0.717) is 17.1 Å². The second-order valence-corrected chi connectivity index (χ2v) is 6.30. The number of sulfonamides is 1. The van der Waals surface area contributed by atoms with Crippen molar-refractivity contribution in [2.75, 3.05) is 4.72 Å². The first-order valence-corrected chi connectivity index (χ1v) is 8.04. The third kappa shape index (κ3) is 3.20. The van der Waals surface area contributed by atoms with Crippen LogP contribution in [0.15, 0.2) is 66.2 Å². The molecule has 7 nitrogen and oxygen atoms in total. The van der Waals surface area contributed by atoms with E-state index in [2.05, 4.69) is 14.7 Å². The Labute approximate surface area is 132 Å². The first-order chi connectivity index (χ1) is 11.1. The average molecular weight is 325 g/mol. The molecule has 0 aliphatic heterocycles. The Bertz CT molecular complexity index is 941. The van der Waals surface area contributed by atoms with Crippen LogP contribution in [0.1, 0.15) is 5.56 Å². The molecule has 2 heterocycles. The van der Waals surface area contributed by atoms with Gasteiger partial charge in [-0.15, -0.1) is 0 Å². The zero-order valence-electron chi connectivity index (χ0n) is 11.8. The average Bonchev–Trinajstić information content (AvgIpc) is 3.10. The predicted octanol–water partition coefficient (Wildman–Crippen LogP) is 1.94. The molecule has 0 unspecified atom stereocenters. The summed E-state index contributed by atoms with van der Waals surface area (Å²) in [6.45, 7) is 0. The Hall–Kier alpha value is -3.18. The molecule has 1 N–H and O–H groups in total. The summed E-state index contributed by atoms with van der Waals surface area (Å²) in [5, 5.41) is 8.74. The molecule has 0 fully saturated rings. The van der Waals surface area contributed by atoms with Crippen LogP contribution in [-0.4, -0.2) is 23.0 Å². The third-order valence-electron chi connectivity index (χ3n) is 3.06. The van der Waals surface area contributed by atoms with E-state index in [-0.39, 0.29) is 4.90 Å². The maximum atomic E-state index is 12.3.